The van der Waals surface area contributed by atoms with Crippen molar-refractivity contribution in [1.82, 2.24) is 15.0 Å². The molecule has 4 rings (SSSR count). The van der Waals surface area contributed by atoms with Gasteiger partial charge in [0.25, 0.3) is 6.33 Å². The predicted molar refractivity (Wildman–Crippen MR) is 113 cm³/mol. The number of rotatable bonds is 3. The van der Waals surface area contributed by atoms with E-state index in [9.17, 15) is 0 Å². The third-order valence-electron chi connectivity index (χ3n) is 5.62. The molecule has 0 N–H and O–H groups in total. The molecule has 28 heavy (non-hydrogen) atoms. The smallest absolute Gasteiger partial charge is 0.240 e. The summed E-state index contributed by atoms with van der Waals surface area (Å²) in [6, 6.07) is 4.54. The fourth-order valence-electron chi connectivity index (χ4n) is 3.95. The van der Waals surface area contributed by atoms with Crippen molar-refractivity contribution in [3.8, 4) is 11.3 Å². The van der Waals surface area contributed by atoms with Gasteiger partial charge in [-0.1, -0.05) is 25.5 Å². The Bertz CT molecular complexity index is 1090. The first-order chi connectivity index (χ1) is 13.3. The van der Waals surface area contributed by atoms with Gasteiger partial charge in [0.05, 0.1) is 12.6 Å². The highest BCUT2D eigenvalue weighted by molar-refractivity contribution is 5.89. The Morgan fingerprint density at radius 2 is 1.71 bits per heavy atom. The number of benzene rings is 1. The van der Waals surface area contributed by atoms with Crippen LogP contribution < -0.4 is 4.57 Å². The highest BCUT2D eigenvalue weighted by Crippen LogP contribution is 2.36. The van der Waals surface area contributed by atoms with E-state index >= 15 is 0 Å². The molecule has 1 aromatic carbocycles. The van der Waals surface area contributed by atoms with E-state index < -0.39 is 0 Å². The number of allylic oxidation sites excluding steroid dienone is 1. The van der Waals surface area contributed by atoms with E-state index in [1.54, 1.807) is 0 Å². The maximum absolute atomic E-state index is 4.69. The molecule has 0 bridgehead atoms. The zero-order valence-corrected chi connectivity index (χ0v) is 17.5. The van der Waals surface area contributed by atoms with Crippen LogP contribution in [-0.2, 0) is 13.5 Å². The molecule has 0 aliphatic heterocycles. The predicted octanol–water partition coefficient (Wildman–Crippen LogP) is 4.51. The molecule has 0 unspecified atom stereocenters. The van der Waals surface area contributed by atoms with Crippen LogP contribution in [-0.4, -0.2) is 15.0 Å². The average molecular weight is 372 g/mol. The van der Waals surface area contributed by atoms with Crippen LogP contribution in [0, 0.1) is 20.8 Å². The van der Waals surface area contributed by atoms with Gasteiger partial charge < -0.3 is 0 Å². The summed E-state index contributed by atoms with van der Waals surface area (Å²) in [6.07, 6.45) is 8.85. The Labute approximate surface area is 167 Å². The SMILES string of the molecule is Cc1cc(C)c(C)c(-c2c3c(nc[n+]2C)C=C(c2cnc(C(C)C)nc2)C3)c1. The molecule has 1 aliphatic carbocycles. The van der Waals surface area contributed by atoms with Gasteiger partial charge in [-0.25, -0.2) is 14.5 Å². The third kappa shape index (κ3) is 3.13. The molecule has 0 saturated heterocycles. The van der Waals surface area contributed by atoms with Crippen LogP contribution in [0.2, 0.25) is 0 Å². The number of fused-ring (bicyclic) bond motifs is 1. The first-order valence-corrected chi connectivity index (χ1v) is 9.83. The number of aryl methyl sites for hydroxylation is 3. The summed E-state index contributed by atoms with van der Waals surface area (Å²) in [5.74, 6) is 1.22. The van der Waals surface area contributed by atoms with Crippen LogP contribution in [0.1, 0.15) is 59.1 Å². The van der Waals surface area contributed by atoms with Crippen molar-refractivity contribution < 1.29 is 4.57 Å². The highest BCUT2D eigenvalue weighted by Gasteiger charge is 2.28. The Morgan fingerprint density at radius 3 is 2.39 bits per heavy atom. The zero-order chi connectivity index (χ0) is 20.0. The summed E-state index contributed by atoms with van der Waals surface area (Å²) in [6.45, 7) is 10.8. The molecule has 3 aromatic rings. The van der Waals surface area contributed by atoms with E-state index in [1.807, 2.05) is 18.7 Å². The normalized spacial score (nSPS) is 13.0. The highest BCUT2D eigenvalue weighted by atomic mass is 15.0. The van der Waals surface area contributed by atoms with Gasteiger partial charge in [-0.15, -0.1) is 0 Å². The van der Waals surface area contributed by atoms with Crippen molar-refractivity contribution in [3.63, 3.8) is 0 Å². The van der Waals surface area contributed by atoms with E-state index in [-0.39, 0.29) is 0 Å². The molecule has 0 radical (unpaired) electrons. The van der Waals surface area contributed by atoms with E-state index in [1.165, 1.54) is 39.1 Å². The van der Waals surface area contributed by atoms with Crippen LogP contribution in [0.3, 0.4) is 0 Å². The second kappa shape index (κ2) is 6.93. The fourth-order valence-corrected chi connectivity index (χ4v) is 3.95. The van der Waals surface area contributed by atoms with E-state index in [2.05, 4.69) is 79.4 Å². The summed E-state index contributed by atoms with van der Waals surface area (Å²) >= 11 is 0. The van der Waals surface area contributed by atoms with Gasteiger partial charge in [0.2, 0.25) is 0 Å². The molecule has 2 heterocycles. The van der Waals surface area contributed by atoms with Gasteiger partial charge in [-0.3, -0.25) is 0 Å². The minimum Gasteiger partial charge on any atom is -0.240 e. The van der Waals surface area contributed by atoms with Crippen LogP contribution >= 0.6 is 0 Å². The minimum absolute atomic E-state index is 0.337. The zero-order valence-electron chi connectivity index (χ0n) is 17.5. The molecule has 1 aliphatic rings. The second-order valence-corrected chi connectivity index (χ2v) is 8.15. The molecule has 4 heteroatoms. The van der Waals surface area contributed by atoms with Crippen molar-refractivity contribution >= 4 is 11.6 Å². The lowest BCUT2D eigenvalue weighted by Gasteiger charge is -2.13. The number of aromatic nitrogens is 4. The summed E-state index contributed by atoms with van der Waals surface area (Å²) in [4.78, 5) is 13.8. The largest absolute Gasteiger partial charge is 0.287 e. The van der Waals surface area contributed by atoms with Crippen molar-refractivity contribution in [2.45, 2.75) is 47.0 Å². The number of nitrogens with zero attached hydrogens (tertiary/aromatic N) is 4. The van der Waals surface area contributed by atoms with Gasteiger partial charge in [-0.2, -0.15) is 0 Å². The molecule has 0 spiro atoms. The molecule has 0 atom stereocenters. The molecular weight excluding hydrogens is 344 g/mol. The summed E-state index contributed by atoms with van der Waals surface area (Å²) < 4.78 is 2.15. The Hall–Kier alpha value is -2.88. The monoisotopic (exact) mass is 371 g/mol. The maximum Gasteiger partial charge on any atom is 0.287 e. The number of hydrogen-bond acceptors (Lipinski definition) is 3. The van der Waals surface area contributed by atoms with Gasteiger partial charge in [0, 0.05) is 35.9 Å². The standard InChI is InChI=1S/C24H27N4/c1-14(2)24-25-11-19(12-26-24)18-9-21-22(10-18)27-13-28(6)23(21)20-8-15(3)7-16(4)17(20)5/h7-8,10-14H,9H2,1-6H3/q+1. The van der Waals surface area contributed by atoms with E-state index in [0.717, 1.165) is 23.5 Å². The van der Waals surface area contributed by atoms with Crippen LogP contribution in [0.5, 0.6) is 0 Å². The first kappa shape index (κ1) is 18.5. The second-order valence-electron chi connectivity index (χ2n) is 8.15. The van der Waals surface area contributed by atoms with Gasteiger partial charge >= 0.3 is 0 Å². The van der Waals surface area contributed by atoms with Crippen LogP contribution in [0.15, 0.2) is 30.9 Å². The van der Waals surface area contributed by atoms with Gasteiger partial charge in [0.15, 0.2) is 5.69 Å². The summed E-state index contributed by atoms with van der Waals surface area (Å²) in [5.41, 5.74) is 11.1. The van der Waals surface area contributed by atoms with Gasteiger partial charge in [-0.05, 0) is 54.6 Å². The molecule has 142 valence electrons. The lowest BCUT2D eigenvalue weighted by molar-refractivity contribution is -0.663. The molecule has 0 amide bonds. The molecule has 2 aromatic heterocycles. The minimum atomic E-state index is 0.337. The van der Waals surface area contributed by atoms with E-state index in [4.69, 9.17) is 0 Å². The molecular formula is C24H27N4+. The summed E-state index contributed by atoms with van der Waals surface area (Å²) in [7, 11) is 2.08. The van der Waals surface area contributed by atoms with E-state index in [0.29, 0.717) is 5.92 Å². The van der Waals surface area contributed by atoms with Gasteiger partial charge in [0.1, 0.15) is 11.5 Å². The quantitative estimate of drug-likeness (QED) is 0.636. The van der Waals surface area contributed by atoms with Crippen molar-refractivity contribution in [2.24, 2.45) is 7.05 Å². The average Bonchev–Trinajstić information content (AvgIpc) is 3.09. The van der Waals surface area contributed by atoms with Crippen molar-refractivity contribution in [1.29, 1.82) is 0 Å². The fraction of sp³-hybridized carbons (Fsp3) is 0.333. The topological polar surface area (TPSA) is 42.5 Å². The summed E-state index contributed by atoms with van der Waals surface area (Å²) in [5, 5.41) is 0. The Morgan fingerprint density at radius 1 is 1.00 bits per heavy atom. The molecule has 0 fully saturated rings. The van der Waals surface area contributed by atoms with Crippen LogP contribution in [0.25, 0.3) is 22.9 Å². The lowest BCUT2D eigenvalue weighted by atomic mass is 9.94. The lowest BCUT2D eigenvalue weighted by Crippen LogP contribution is -2.33. The Balaban J connectivity index is 1.78. The Kier molecular flexibility index (Phi) is 4.58. The van der Waals surface area contributed by atoms with Crippen molar-refractivity contribution in [2.75, 3.05) is 0 Å². The first-order valence-electron chi connectivity index (χ1n) is 9.83. The van der Waals surface area contributed by atoms with Crippen LogP contribution in [0.4, 0.5) is 0 Å². The third-order valence-corrected chi connectivity index (χ3v) is 5.62. The molecule has 4 nitrogen and oxygen atoms in total. The maximum atomic E-state index is 4.69. The molecule has 0 saturated carbocycles. The number of hydrogen-bond donors (Lipinski definition) is 0. The van der Waals surface area contributed by atoms with Crippen molar-refractivity contribution in [3.05, 3.63) is 70.2 Å².